The number of hydrogen-bond acceptors (Lipinski definition) is 2. The highest BCUT2D eigenvalue weighted by Gasteiger charge is 2.22. The smallest absolute Gasteiger partial charge is 0.119 e. The Kier molecular flexibility index (Phi) is 2.60. The first-order valence-corrected chi connectivity index (χ1v) is 6.34. The van der Waals surface area contributed by atoms with E-state index in [0.29, 0.717) is 0 Å². The molecule has 0 saturated heterocycles. The Morgan fingerprint density at radius 2 is 2.12 bits per heavy atom. The Bertz CT molecular complexity index is 384. The fourth-order valence-electron chi connectivity index (χ4n) is 2.40. The van der Waals surface area contributed by atoms with Crippen LogP contribution in [0.25, 0.3) is 0 Å². The third-order valence-electron chi connectivity index (χ3n) is 3.66. The second kappa shape index (κ2) is 4.10. The first kappa shape index (κ1) is 10.2. The largest absolute Gasteiger partial charge is 0.493 e. The molecule has 2 N–H and O–H groups in total. The first-order valence-electron chi connectivity index (χ1n) is 6.34. The minimum atomic E-state index is 0.216. The summed E-state index contributed by atoms with van der Waals surface area (Å²) in [4.78, 5) is 0. The maximum Gasteiger partial charge on any atom is 0.119 e. The van der Waals surface area contributed by atoms with Gasteiger partial charge in [-0.3, -0.25) is 0 Å². The van der Waals surface area contributed by atoms with Crippen LogP contribution in [0.1, 0.15) is 42.9 Å². The van der Waals surface area contributed by atoms with Gasteiger partial charge in [-0.05, 0) is 61.3 Å². The second-order valence-corrected chi connectivity index (χ2v) is 5.11. The summed E-state index contributed by atoms with van der Waals surface area (Å²) < 4.78 is 5.79. The number of ether oxygens (including phenoxy) is 1. The van der Waals surface area contributed by atoms with E-state index in [9.17, 15) is 0 Å². The molecule has 1 aromatic carbocycles. The minimum Gasteiger partial charge on any atom is -0.493 e. The minimum absolute atomic E-state index is 0.216. The number of fused-ring (bicyclic) bond motifs is 1. The van der Waals surface area contributed by atoms with Gasteiger partial charge in [-0.25, -0.2) is 0 Å². The molecule has 2 nitrogen and oxygen atoms in total. The zero-order chi connectivity index (χ0) is 11.0. The summed E-state index contributed by atoms with van der Waals surface area (Å²) in [5.41, 5.74) is 8.85. The third-order valence-corrected chi connectivity index (χ3v) is 3.66. The standard InChI is InChI=1S/C14H19NO/c15-14-3-1-2-11-6-7-12(8-13(11)14)16-9-10-4-5-10/h6-8,10,14H,1-5,9,15H2/t14-/m1/s1. The molecule has 0 unspecified atom stereocenters. The maximum atomic E-state index is 6.13. The van der Waals surface area contributed by atoms with Gasteiger partial charge in [0.25, 0.3) is 0 Å². The number of hydrogen-bond donors (Lipinski definition) is 1. The molecule has 0 aliphatic heterocycles. The molecule has 1 saturated carbocycles. The summed E-state index contributed by atoms with van der Waals surface area (Å²) in [5, 5.41) is 0. The van der Waals surface area contributed by atoms with Gasteiger partial charge < -0.3 is 10.5 Å². The van der Waals surface area contributed by atoms with Gasteiger partial charge in [0.05, 0.1) is 6.61 Å². The molecule has 0 amide bonds. The highest BCUT2D eigenvalue weighted by atomic mass is 16.5. The van der Waals surface area contributed by atoms with Crippen LogP contribution in [0.3, 0.4) is 0 Å². The molecule has 0 bridgehead atoms. The molecular formula is C14H19NO. The van der Waals surface area contributed by atoms with E-state index < -0.39 is 0 Å². The van der Waals surface area contributed by atoms with Crippen LogP contribution in [-0.4, -0.2) is 6.61 Å². The van der Waals surface area contributed by atoms with Crippen molar-refractivity contribution in [1.29, 1.82) is 0 Å². The molecule has 1 fully saturated rings. The lowest BCUT2D eigenvalue weighted by molar-refractivity contribution is 0.299. The molecule has 0 spiro atoms. The summed E-state index contributed by atoms with van der Waals surface area (Å²) in [6.07, 6.45) is 6.18. The number of nitrogens with two attached hydrogens (primary N) is 1. The third kappa shape index (κ3) is 2.07. The van der Waals surface area contributed by atoms with Gasteiger partial charge in [0, 0.05) is 6.04 Å². The fourth-order valence-corrected chi connectivity index (χ4v) is 2.40. The Hall–Kier alpha value is -1.02. The lowest BCUT2D eigenvalue weighted by Crippen LogP contribution is -2.17. The fraction of sp³-hybridized carbons (Fsp3) is 0.571. The zero-order valence-corrected chi connectivity index (χ0v) is 9.61. The summed E-state index contributed by atoms with van der Waals surface area (Å²) in [6, 6.07) is 6.66. The number of aryl methyl sites for hydroxylation is 1. The van der Waals surface area contributed by atoms with E-state index in [2.05, 4.69) is 18.2 Å². The molecule has 0 heterocycles. The Morgan fingerprint density at radius 3 is 2.94 bits per heavy atom. The van der Waals surface area contributed by atoms with Gasteiger partial charge in [0.2, 0.25) is 0 Å². The predicted molar refractivity (Wildman–Crippen MR) is 64.5 cm³/mol. The average molecular weight is 217 g/mol. The quantitative estimate of drug-likeness (QED) is 0.845. The van der Waals surface area contributed by atoms with Crippen LogP contribution in [0, 0.1) is 5.92 Å². The van der Waals surface area contributed by atoms with Crippen LogP contribution in [0.4, 0.5) is 0 Å². The molecule has 2 heteroatoms. The van der Waals surface area contributed by atoms with Crippen LogP contribution in [0.2, 0.25) is 0 Å². The lowest BCUT2D eigenvalue weighted by atomic mass is 9.88. The van der Waals surface area contributed by atoms with E-state index in [1.165, 1.54) is 36.8 Å². The molecule has 1 aromatic rings. The van der Waals surface area contributed by atoms with Gasteiger partial charge in [0.15, 0.2) is 0 Å². The SMILES string of the molecule is N[C@@H]1CCCc2ccc(OCC3CC3)cc21. The van der Waals surface area contributed by atoms with Gasteiger partial charge in [0.1, 0.15) is 5.75 Å². The van der Waals surface area contributed by atoms with E-state index >= 15 is 0 Å². The molecule has 0 radical (unpaired) electrons. The molecule has 1 atom stereocenters. The van der Waals surface area contributed by atoms with Crippen molar-refractivity contribution in [3.05, 3.63) is 29.3 Å². The zero-order valence-electron chi connectivity index (χ0n) is 9.61. The summed E-state index contributed by atoms with van der Waals surface area (Å²) in [6.45, 7) is 0.883. The van der Waals surface area contributed by atoms with E-state index in [-0.39, 0.29) is 6.04 Å². The second-order valence-electron chi connectivity index (χ2n) is 5.11. The maximum absolute atomic E-state index is 6.13. The molecule has 2 aliphatic rings. The van der Waals surface area contributed by atoms with Gasteiger partial charge in [-0.1, -0.05) is 6.07 Å². The molecular weight excluding hydrogens is 198 g/mol. The molecule has 86 valence electrons. The Balaban J connectivity index is 1.76. The summed E-state index contributed by atoms with van der Waals surface area (Å²) in [7, 11) is 0. The van der Waals surface area contributed by atoms with Crippen LogP contribution in [-0.2, 0) is 6.42 Å². The van der Waals surface area contributed by atoms with Crippen LogP contribution < -0.4 is 10.5 Å². The van der Waals surface area contributed by atoms with Crippen LogP contribution in [0.15, 0.2) is 18.2 Å². The van der Waals surface area contributed by atoms with Crippen molar-refractivity contribution in [1.82, 2.24) is 0 Å². The highest BCUT2D eigenvalue weighted by molar-refractivity contribution is 5.39. The van der Waals surface area contributed by atoms with Crippen molar-refractivity contribution >= 4 is 0 Å². The normalized spacial score (nSPS) is 23.9. The van der Waals surface area contributed by atoms with Crippen molar-refractivity contribution in [2.75, 3.05) is 6.61 Å². The summed E-state index contributed by atoms with van der Waals surface area (Å²) in [5.74, 6) is 1.81. The van der Waals surface area contributed by atoms with E-state index in [4.69, 9.17) is 10.5 Å². The van der Waals surface area contributed by atoms with E-state index in [1.807, 2.05) is 0 Å². The van der Waals surface area contributed by atoms with E-state index in [0.717, 1.165) is 24.7 Å². The van der Waals surface area contributed by atoms with Crippen LogP contribution >= 0.6 is 0 Å². The Morgan fingerprint density at radius 1 is 1.25 bits per heavy atom. The monoisotopic (exact) mass is 217 g/mol. The predicted octanol–water partition coefficient (Wildman–Crippen LogP) is 2.81. The molecule has 3 rings (SSSR count). The highest BCUT2D eigenvalue weighted by Crippen LogP contribution is 2.33. The average Bonchev–Trinajstić information content (AvgIpc) is 3.11. The molecule has 2 aliphatic carbocycles. The van der Waals surface area contributed by atoms with Gasteiger partial charge in [-0.2, -0.15) is 0 Å². The topological polar surface area (TPSA) is 35.2 Å². The lowest BCUT2D eigenvalue weighted by Gasteiger charge is -2.22. The Labute approximate surface area is 96.8 Å². The van der Waals surface area contributed by atoms with Gasteiger partial charge >= 0.3 is 0 Å². The number of rotatable bonds is 3. The van der Waals surface area contributed by atoms with Crippen molar-refractivity contribution in [3.8, 4) is 5.75 Å². The van der Waals surface area contributed by atoms with Crippen molar-refractivity contribution in [2.24, 2.45) is 11.7 Å². The molecule has 0 aromatic heterocycles. The van der Waals surface area contributed by atoms with E-state index in [1.54, 1.807) is 0 Å². The number of benzene rings is 1. The van der Waals surface area contributed by atoms with Crippen molar-refractivity contribution in [3.63, 3.8) is 0 Å². The molecule has 16 heavy (non-hydrogen) atoms. The van der Waals surface area contributed by atoms with Crippen molar-refractivity contribution < 1.29 is 4.74 Å². The first-order chi connectivity index (χ1) is 7.83. The van der Waals surface area contributed by atoms with Gasteiger partial charge in [-0.15, -0.1) is 0 Å². The van der Waals surface area contributed by atoms with Crippen LogP contribution in [0.5, 0.6) is 5.75 Å². The summed E-state index contributed by atoms with van der Waals surface area (Å²) >= 11 is 0. The van der Waals surface area contributed by atoms with Crippen molar-refractivity contribution in [2.45, 2.75) is 38.1 Å².